The van der Waals surface area contributed by atoms with Crippen LogP contribution < -0.4 is 5.32 Å². The minimum absolute atomic E-state index is 0.0213. The van der Waals surface area contributed by atoms with E-state index in [1.807, 2.05) is 0 Å². The minimum Gasteiger partial charge on any atom is -0.342 e. The predicted octanol–water partition coefficient (Wildman–Crippen LogP) is 3.93. The van der Waals surface area contributed by atoms with Gasteiger partial charge in [-0.1, -0.05) is 13.0 Å². The molecule has 0 unspecified atom stereocenters. The Balaban J connectivity index is 2.09. The highest BCUT2D eigenvalue weighted by atomic mass is 19.4. The number of benzene rings is 1. The lowest BCUT2D eigenvalue weighted by Crippen LogP contribution is -2.49. The lowest BCUT2D eigenvalue weighted by molar-refractivity contribution is -0.147. The van der Waals surface area contributed by atoms with Gasteiger partial charge in [-0.25, -0.2) is 0 Å². The summed E-state index contributed by atoms with van der Waals surface area (Å²) in [6.07, 6.45) is -2.72. The summed E-state index contributed by atoms with van der Waals surface area (Å²) in [6, 6.07) is 4.39. The normalized spacial score (nSPS) is 16.6. The smallest absolute Gasteiger partial charge is 0.342 e. The summed E-state index contributed by atoms with van der Waals surface area (Å²) in [5, 5.41) is 2.44. The number of carbonyl (C=O) groups excluding carboxylic acids is 2. The zero-order valence-electron chi connectivity index (χ0n) is 14.6. The van der Waals surface area contributed by atoms with Crippen LogP contribution in [0, 0.1) is 11.3 Å². The Morgan fingerprint density at radius 3 is 2.32 bits per heavy atom. The molecule has 4 nitrogen and oxygen atoms in total. The van der Waals surface area contributed by atoms with E-state index in [9.17, 15) is 22.8 Å². The maximum Gasteiger partial charge on any atom is 0.416 e. The molecule has 2 amide bonds. The SMILES string of the molecule is CC1CCN(C(=O)C(C)(C)C(=O)Nc2cccc(C(F)(F)F)c2)CC1. The Labute approximate surface area is 145 Å². The van der Waals surface area contributed by atoms with Crippen LogP contribution in [-0.2, 0) is 15.8 Å². The first-order valence-electron chi connectivity index (χ1n) is 8.30. The molecule has 1 heterocycles. The molecule has 1 aliphatic rings. The maximum atomic E-state index is 12.8. The topological polar surface area (TPSA) is 49.4 Å². The molecule has 0 radical (unpaired) electrons. The van der Waals surface area contributed by atoms with Crippen molar-refractivity contribution in [1.29, 1.82) is 0 Å². The van der Waals surface area contributed by atoms with Crippen LogP contribution in [-0.4, -0.2) is 29.8 Å². The fourth-order valence-electron chi connectivity index (χ4n) is 2.76. The number of likely N-dealkylation sites (tertiary alicyclic amines) is 1. The summed E-state index contributed by atoms with van der Waals surface area (Å²) in [5.74, 6) is -0.370. The van der Waals surface area contributed by atoms with E-state index < -0.39 is 23.1 Å². The van der Waals surface area contributed by atoms with Crippen molar-refractivity contribution in [2.75, 3.05) is 18.4 Å². The standard InChI is InChI=1S/C18H23F3N2O2/c1-12-7-9-23(10-8-12)16(25)17(2,3)15(24)22-14-6-4-5-13(11-14)18(19,20)21/h4-6,11-12H,7-10H2,1-3H3,(H,22,24). The van der Waals surface area contributed by atoms with Gasteiger partial charge in [0, 0.05) is 18.8 Å². The number of nitrogens with one attached hydrogen (secondary N) is 1. The molecule has 0 aromatic heterocycles. The zero-order valence-corrected chi connectivity index (χ0v) is 14.6. The van der Waals surface area contributed by atoms with Gasteiger partial charge in [-0.2, -0.15) is 13.2 Å². The number of halogens is 3. The zero-order chi connectivity index (χ0) is 18.8. The van der Waals surface area contributed by atoms with Gasteiger partial charge >= 0.3 is 6.18 Å². The molecule has 7 heteroatoms. The van der Waals surface area contributed by atoms with Crippen LogP contribution in [0.5, 0.6) is 0 Å². The van der Waals surface area contributed by atoms with Gasteiger partial charge in [0.25, 0.3) is 0 Å². The first-order valence-corrected chi connectivity index (χ1v) is 8.30. The average molecular weight is 356 g/mol. The number of piperidine rings is 1. The van der Waals surface area contributed by atoms with Crippen LogP contribution >= 0.6 is 0 Å². The molecule has 138 valence electrons. The third-order valence-corrected chi connectivity index (χ3v) is 4.62. The summed E-state index contributed by atoms with van der Waals surface area (Å²) in [5.41, 5.74) is -2.18. The second kappa shape index (κ2) is 7.06. The Morgan fingerprint density at radius 2 is 1.76 bits per heavy atom. The fourth-order valence-corrected chi connectivity index (χ4v) is 2.76. The van der Waals surface area contributed by atoms with Crippen molar-refractivity contribution in [3.8, 4) is 0 Å². The molecular weight excluding hydrogens is 333 g/mol. The van der Waals surface area contributed by atoms with E-state index in [2.05, 4.69) is 12.2 Å². The monoisotopic (exact) mass is 356 g/mol. The third-order valence-electron chi connectivity index (χ3n) is 4.62. The summed E-state index contributed by atoms with van der Waals surface area (Å²) >= 11 is 0. The molecule has 0 atom stereocenters. The second-order valence-corrected chi connectivity index (χ2v) is 7.13. The van der Waals surface area contributed by atoms with E-state index in [0.29, 0.717) is 19.0 Å². The van der Waals surface area contributed by atoms with Crippen molar-refractivity contribution in [3.05, 3.63) is 29.8 Å². The van der Waals surface area contributed by atoms with Crippen molar-refractivity contribution < 1.29 is 22.8 Å². The number of anilines is 1. The maximum absolute atomic E-state index is 12.8. The molecule has 1 aromatic carbocycles. The highest BCUT2D eigenvalue weighted by molar-refractivity contribution is 6.09. The van der Waals surface area contributed by atoms with Crippen LogP contribution in [0.15, 0.2) is 24.3 Å². The molecule has 0 saturated carbocycles. The number of carbonyl (C=O) groups is 2. The van der Waals surface area contributed by atoms with Crippen molar-refractivity contribution in [2.45, 2.75) is 39.8 Å². The molecule has 0 aliphatic carbocycles. The van der Waals surface area contributed by atoms with Crippen LogP contribution in [0.1, 0.15) is 39.2 Å². The van der Waals surface area contributed by atoms with E-state index in [0.717, 1.165) is 25.0 Å². The Hall–Kier alpha value is -2.05. The number of alkyl halides is 3. The molecule has 1 saturated heterocycles. The van der Waals surface area contributed by atoms with Gasteiger partial charge in [-0.05, 0) is 50.8 Å². The molecule has 1 fully saturated rings. The van der Waals surface area contributed by atoms with Gasteiger partial charge in [0.05, 0.1) is 5.56 Å². The van der Waals surface area contributed by atoms with Gasteiger partial charge in [0.15, 0.2) is 0 Å². The summed E-state index contributed by atoms with van der Waals surface area (Å²) in [4.78, 5) is 26.8. The highest BCUT2D eigenvalue weighted by Crippen LogP contribution is 2.31. The van der Waals surface area contributed by atoms with E-state index in [-0.39, 0.29) is 11.6 Å². The Kier molecular flexibility index (Phi) is 5.44. The van der Waals surface area contributed by atoms with E-state index in [1.165, 1.54) is 26.0 Å². The van der Waals surface area contributed by atoms with Crippen molar-refractivity contribution in [2.24, 2.45) is 11.3 Å². The summed E-state index contributed by atoms with van der Waals surface area (Å²) in [6.45, 7) is 6.31. The molecule has 25 heavy (non-hydrogen) atoms. The van der Waals surface area contributed by atoms with Crippen molar-refractivity contribution in [1.82, 2.24) is 4.90 Å². The second-order valence-electron chi connectivity index (χ2n) is 7.13. The lowest BCUT2D eigenvalue weighted by Gasteiger charge is -2.35. The van der Waals surface area contributed by atoms with Crippen LogP contribution in [0.25, 0.3) is 0 Å². The number of nitrogens with zero attached hydrogens (tertiary/aromatic N) is 1. The number of amides is 2. The molecule has 1 aliphatic heterocycles. The average Bonchev–Trinajstić information content (AvgIpc) is 2.54. The van der Waals surface area contributed by atoms with E-state index >= 15 is 0 Å². The summed E-state index contributed by atoms with van der Waals surface area (Å²) < 4.78 is 38.3. The Bertz CT molecular complexity index is 648. The van der Waals surface area contributed by atoms with Gasteiger partial charge in [0.1, 0.15) is 5.41 Å². The van der Waals surface area contributed by atoms with Crippen molar-refractivity contribution in [3.63, 3.8) is 0 Å². The quantitative estimate of drug-likeness (QED) is 0.835. The Morgan fingerprint density at radius 1 is 1.16 bits per heavy atom. The molecule has 0 bridgehead atoms. The number of hydrogen-bond acceptors (Lipinski definition) is 2. The van der Waals surface area contributed by atoms with Gasteiger partial charge in [-0.3, -0.25) is 9.59 Å². The number of rotatable bonds is 3. The molecular formula is C18H23F3N2O2. The molecule has 0 spiro atoms. The fraction of sp³-hybridized carbons (Fsp3) is 0.556. The minimum atomic E-state index is -4.49. The van der Waals surface area contributed by atoms with Crippen LogP contribution in [0.4, 0.5) is 18.9 Å². The van der Waals surface area contributed by atoms with E-state index in [1.54, 1.807) is 4.90 Å². The first kappa shape index (κ1) is 19.3. The molecule has 2 rings (SSSR count). The van der Waals surface area contributed by atoms with Gasteiger partial charge in [-0.15, -0.1) is 0 Å². The van der Waals surface area contributed by atoms with E-state index in [4.69, 9.17) is 0 Å². The van der Waals surface area contributed by atoms with Crippen LogP contribution in [0.3, 0.4) is 0 Å². The third kappa shape index (κ3) is 4.52. The molecule has 1 N–H and O–H groups in total. The van der Waals surface area contributed by atoms with Crippen molar-refractivity contribution >= 4 is 17.5 Å². The highest BCUT2D eigenvalue weighted by Gasteiger charge is 2.40. The summed E-state index contributed by atoms with van der Waals surface area (Å²) in [7, 11) is 0. The van der Waals surface area contributed by atoms with Crippen LogP contribution in [0.2, 0.25) is 0 Å². The number of hydrogen-bond donors (Lipinski definition) is 1. The van der Waals surface area contributed by atoms with Gasteiger partial charge < -0.3 is 10.2 Å². The lowest BCUT2D eigenvalue weighted by atomic mass is 9.88. The van der Waals surface area contributed by atoms with Gasteiger partial charge in [0.2, 0.25) is 11.8 Å². The first-order chi connectivity index (χ1) is 11.5. The molecule has 1 aromatic rings. The largest absolute Gasteiger partial charge is 0.416 e. The predicted molar refractivity (Wildman–Crippen MR) is 88.8 cm³/mol.